The molecule has 148 heavy (non-hydrogen) atoms. The minimum atomic E-state index is -0.116. The van der Waals surface area contributed by atoms with Gasteiger partial charge in [0.25, 0.3) is 0 Å². The van der Waals surface area contributed by atoms with Gasteiger partial charge in [-0.2, -0.15) is 0 Å². The Labute approximate surface area is 928 Å². The first-order valence-electron chi connectivity index (χ1n) is 51.1. The average Bonchev–Trinajstić information content (AvgIpc) is 0.855. The third-order valence-corrected chi connectivity index (χ3v) is 29.0. The molecule has 16 aromatic carbocycles. The lowest BCUT2D eigenvalue weighted by Crippen LogP contribution is -2.12. The molecule has 0 aliphatic heterocycles. The maximum Gasteiger partial charge on any atom is 0.126 e. The molecule has 0 radical (unpaired) electrons. The first-order chi connectivity index (χ1) is 68.8. The summed E-state index contributed by atoms with van der Waals surface area (Å²) in [6.07, 6.45) is 0. The minimum absolute atomic E-state index is 0. The molecule has 0 N–H and O–H groups in total. The molecule has 16 aromatic rings. The zero-order chi connectivity index (χ0) is 112. The van der Waals surface area contributed by atoms with Crippen molar-refractivity contribution in [3.63, 3.8) is 0 Å². The van der Waals surface area contributed by atoms with Crippen molar-refractivity contribution in [2.75, 3.05) is 7.11 Å². The van der Waals surface area contributed by atoms with Crippen LogP contribution in [0.5, 0.6) is 5.75 Å². The zero-order valence-corrected chi connectivity index (χ0v) is 102. The summed E-state index contributed by atoms with van der Waals surface area (Å²) >= 11 is 18.5. The summed E-state index contributed by atoms with van der Waals surface area (Å²) < 4.78 is 32.6. The van der Waals surface area contributed by atoms with E-state index in [1.165, 1.54) is 206 Å². The maximum absolute atomic E-state index is 12.6. The van der Waals surface area contributed by atoms with Gasteiger partial charge in [0.15, 0.2) is 0 Å². The van der Waals surface area contributed by atoms with E-state index in [4.69, 9.17) is 27.9 Å². The highest BCUT2D eigenvalue weighted by molar-refractivity contribution is 9.10. The van der Waals surface area contributed by atoms with Crippen molar-refractivity contribution >= 4 is 55.1 Å². The number of hydrogen-bond acceptors (Lipinski definition) is 1. The molecular formula is C141H182Br2Cl2F2O. The summed E-state index contributed by atoms with van der Waals surface area (Å²) in [5.74, 6) is 1.35. The minimum Gasteiger partial charge on any atom is -0.497 e. The van der Waals surface area contributed by atoms with Crippen LogP contribution in [0.3, 0.4) is 0 Å². The van der Waals surface area contributed by atoms with Gasteiger partial charge in [-0.25, -0.2) is 8.78 Å². The van der Waals surface area contributed by atoms with Gasteiger partial charge in [0, 0.05) is 19.0 Å². The van der Waals surface area contributed by atoms with Gasteiger partial charge in [-0.05, 0) is 515 Å². The Morgan fingerprint density at radius 3 is 0.716 bits per heavy atom. The highest BCUT2D eigenvalue weighted by Gasteiger charge is 2.15. The van der Waals surface area contributed by atoms with Crippen molar-refractivity contribution in [1.29, 1.82) is 0 Å². The number of benzene rings is 16. The lowest BCUT2D eigenvalue weighted by Gasteiger charge is -2.21. The molecule has 794 valence electrons. The summed E-state index contributed by atoms with van der Waals surface area (Å²) in [7, 11) is 1.68. The zero-order valence-electron chi connectivity index (χ0n) is 97.7. The predicted molar refractivity (Wildman–Crippen MR) is 665 cm³/mol. The predicted octanol–water partition coefficient (Wildman–Crippen LogP) is 44.3. The van der Waals surface area contributed by atoms with E-state index in [1.807, 2.05) is 82.3 Å². The Kier molecular flexibility index (Phi) is 66.7. The van der Waals surface area contributed by atoms with Crippen LogP contribution in [-0.2, 0) is 5.41 Å². The molecule has 0 aromatic heterocycles. The molecule has 7 heteroatoms. The molecular weight excluding hydrogens is 1980 g/mol. The molecule has 0 atom stereocenters. The quantitative estimate of drug-likeness (QED) is 0.168. The molecule has 0 bridgehead atoms. The monoisotopic (exact) mass is 2160 g/mol. The first-order valence-corrected chi connectivity index (χ1v) is 53.4. The van der Waals surface area contributed by atoms with E-state index in [-0.39, 0.29) is 24.5 Å². The molecule has 0 amide bonds. The summed E-state index contributed by atoms with van der Waals surface area (Å²) in [4.78, 5) is 0. The normalized spacial score (nSPS) is 9.76. The first kappa shape index (κ1) is 137. The topological polar surface area (TPSA) is 9.23 Å². The van der Waals surface area contributed by atoms with Crippen LogP contribution in [-0.4, -0.2) is 7.11 Å². The Bertz CT molecular complexity index is 5750. The van der Waals surface area contributed by atoms with Crippen LogP contribution < -0.4 is 4.74 Å². The van der Waals surface area contributed by atoms with Crippen LogP contribution in [0.1, 0.15) is 259 Å². The molecule has 1 nitrogen and oxygen atoms in total. The third kappa shape index (κ3) is 53.7. The number of halogens is 6. The second-order valence-electron chi connectivity index (χ2n) is 40.0. The van der Waals surface area contributed by atoms with E-state index in [2.05, 4.69) is 505 Å². The van der Waals surface area contributed by atoms with Crippen LogP contribution in [0, 0.1) is 261 Å². The summed E-state index contributed by atoms with van der Waals surface area (Å²) in [6, 6.07) is 104. The largest absolute Gasteiger partial charge is 0.497 e. The number of rotatable bonds is 2. The molecule has 0 spiro atoms. The smallest absolute Gasteiger partial charge is 0.126 e. The standard InChI is InChI=1S/2C11H16.C10H14.C9H12O.3C9H12.2C8H9Br.2C8H9Cl.2C8H9F.3C8H10.CH4/c1-9-7-5-6-8-10(9)11(2,3)4;1-8(2)11-7-5-6-9(3)10(11)4;1-7-5-8(2)10(4)9(3)6-7;1-7-4-5-9(10-3)6-8(7)2;1-7-4-5-8(2)9(3)6-7;2*1-7-5-4-6-8(2)9(7)3;1-6-3-4-8(9)5-7(6)2;5*1-6-4-3-5-8(9)7(6)2;3*1-7-5-3-4-6-8(7)2;/h2*5-8H,1-4H3;5-6H,1-4H3;4-6H,1-3H3;3*4-6H,1-3H3;6*3-5H,1-2H3;3*3-6H,1-2H3;1H4. The average molecular weight is 2160 g/mol. The van der Waals surface area contributed by atoms with Gasteiger partial charge < -0.3 is 4.74 Å². The lowest BCUT2D eigenvalue weighted by molar-refractivity contribution is 0.414. The number of methoxy groups -OCH3 is 1. The van der Waals surface area contributed by atoms with Crippen molar-refractivity contribution in [2.45, 2.75) is 303 Å². The molecule has 0 aliphatic carbocycles. The number of ether oxygens (including phenoxy) is 1. The highest BCUT2D eigenvalue weighted by Crippen LogP contribution is 2.28. The van der Waals surface area contributed by atoms with E-state index in [9.17, 15) is 8.78 Å². The SMILES string of the molecule is C.COc1ccc(C)c(C)c1.Cc1cc(C)c(C)c(C)c1.Cc1ccc(Br)cc1C.Cc1ccc(C)c(C)c1.Cc1cccc(Br)c1C.Cc1cccc(C(C)C)c1C.Cc1cccc(C)c1C.Cc1cccc(C)c1C.Cc1cccc(Cl)c1C.Cc1cccc(Cl)c1C.Cc1cccc(F)c1C.Cc1cccc(F)c1C.Cc1ccccc1C.Cc1ccccc1C.Cc1ccccc1C.Cc1ccccc1C(C)(C)C. The van der Waals surface area contributed by atoms with Gasteiger partial charge in [0.2, 0.25) is 0 Å². The second kappa shape index (κ2) is 72.2. The van der Waals surface area contributed by atoms with Gasteiger partial charge in [0.1, 0.15) is 17.4 Å². The van der Waals surface area contributed by atoms with Crippen LogP contribution >= 0.6 is 55.1 Å². The maximum atomic E-state index is 12.6. The molecule has 0 saturated heterocycles. The molecule has 0 saturated carbocycles. The van der Waals surface area contributed by atoms with Gasteiger partial charge in [0.05, 0.1) is 7.11 Å². The van der Waals surface area contributed by atoms with Gasteiger partial charge in [-0.3, -0.25) is 0 Å². The Morgan fingerprint density at radius 1 is 0.223 bits per heavy atom. The van der Waals surface area contributed by atoms with E-state index >= 15 is 0 Å². The summed E-state index contributed by atoms with van der Waals surface area (Å²) in [6.45, 7) is 86.5. The second-order valence-corrected chi connectivity index (χ2v) is 42.6. The van der Waals surface area contributed by atoms with Crippen molar-refractivity contribution < 1.29 is 13.5 Å². The van der Waals surface area contributed by atoms with Crippen molar-refractivity contribution in [3.05, 3.63) is 551 Å². The summed E-state index contributed by atoms with van der Waals surface area (Å²) in [5, 5.41) is 1.71. The van der Waals surface area contributed by atoms with Crippen LogP contribution in [0.15, 0.2) is 318 Å². The Morgan fingerprint density at radius 2 is 0.473 bits per heavy atom. The van der Waals surface area contributed by atoms with E-state index in [0.717, 1.165) is 42.5 Å². The Hall–Kier alpha value is -11.3. The fraction of sp³-hybridized carbons (Fsp3) is 0.319. The Balaban J connectivity index is 0.00000156. The molecule has 0 heterocycles. The van der Waals surface area contributed by atoms with Gasteiger partial charge in [-0.15, -0.1) is 0 Å². The van der Waals surface area contributed by atoms with E-state index in [0.29, 0.717) is 5.92 Å². The van der Waals surface area contributed by atoms with Crippen LogP contribution in [0.2, 0.25) is 10.0 Å². The highest BCUT2D eigenvalue weighted by atomic mass is 79.9. The fourth-order valence-corrected chi connectivity index (χ4v) is 15.2. The summed E-state index contributed by atoms with van der Waals surface area (Å²) in [5.41, 5.74) is 50.0. The van der Waals surface area contributed by atoms with Crippen molar-refractivity contribution in [1.82, 2.24) is 0 Å². The molecule has 16 rings (SSSR count). The van der Waals surface area contributed by atoms with Gasteiger partial charge in [-0.1, -0.05) is 363 Å². The lowest BCUT2D eigenvalue weighted by atomic mass is 9.84. The van der Waals surface area contributed by atoms with Crippen LogP contribution in [0.25, 0.3) is 0 Å². The molecule has 0 unspecified atom stereocenters. The van der Waals surface area contributed by atoms with Gasteiger partial charge >= 0.3 is 0 Å². The fourth-order valence-electron chi connectivity index (χ4n) is 13.9. The number of aryl methyl sites for hydroxylation is 27. The molecule has 0 aliphatic rings. The van der Waals surface area contributed by atoms with Crippen LogP contribution in [0.4, 0.5) is 8.78 Å². The molecule has 0 fully saturated rings. The van der Waals surface area contributed by atoms with E-state index in [1.54, 1.807) is 33.1 Å². The van der Waals surface area contributed by atoms with Crippen molar-refractivity contribution in [3.8, 4) is 5.75 Å². The van der Waals surface area contributed by atoms with E-state index < -0.39 is 0 Å². The number of hydrogen-bond donors (Lipinski definition) is 0. The third-order valence-electron chi connectivity index (χ3n) is 26.9. The van der Waals surface area contributed by atoms with Crippen molar-refractivity contribution in [2.24, 2.45) is 0 Å².